The second-order valence-electron chi connectivity index (χ2n) is 2.41. The molecule has 0 atom stereocenters. The van der Waals surface area contributed by atoms with Crippen molar-refractivity contribution >= 4 is 23.7 Å². The van der Waals surface area contributed by atoms with E-state index in [1.807, 2.05) is 5.32 Å². The van der Waals surface area contributed by atoms with E-state index >= 15 is 0 Å². The molecule has 0 bridgehead atoms. The Hall–Kier alpha value is -1.17. The zero-order valence-electron chi connectivity index (χ0n) is 6.84. The first-order chi connectivity index (χ1) is 6.56. The molecule has 14 heavy (non-hydrogen) atoms. The number of carbonyl (C=O) groups is 1. The Labute approximate surface area is 82.8 Å². The summed E-state index contributed by atoms with van der Waals surface area (Å²) in [7, 11) is 0. The van der Waals surface area contributed by atoms with E-state index in [4.69, 9.17) is 0 Å². The molecule has 0 heterocycles. The Balaban J connectivity index is 2.67. The summed E-state index contributed by atoms with van der Waals surface area (Å²) in [4.78, 5) is 10.7. The highest BCUT2D eigenvalue weighted by Crippen LogP contribution is 2.30. The van der Waals surface area contributed by atoms with Crippen LogP contribution in [0.2, 0.25) is 0 Å². The van der Waals surface area contributed by atoms with E-state index in [0.717, 1.165) is 0 Å². The topological polar surface area (TPSA) is 29.1 Å². The highest BCUT2D eigenvalue weighted by molar-refractivity contribution is 7.96. The van der Waals surface area contributed by atoms with Crippen molar-refractivity contribution in [2.75, 3.05) is 5.32 Å². The van der Waals surface area contributed by atoms with Crippen molar-refractivity contribution in [3.63, 3.8) is 0 Å². The molecule has 0 radical (unpaired) electrons. The molecule has 6 heteroatoms. The summed E-state index contributed by atoms with van der Waals surface area (Å²) in [5.41, 5.74) is 0.200. The number of nitrogens with one attached hydrogen (secondary N) is 1. The van der Waals surface area contributed by atoms with Crippen molar-refractivity contribution in [2.45, 2.75) is 5.25 Å². The maximum atomic E-state index is 12.4. The third-order valence-electron chi connectivity index (χ3n) is 1.39. The van der Waals surface area contributed by atoms with E-state index in [-0.39, 0.29) is 5.69 Å². The van der Waals surface area contributed by atoms with Gasteiger partial charge in [0, 0.05) is 5.69 Å². The highest BCUT2D eigenvalue weighted by atomic mass is 32.2. The van der Waals surface area contributed by atoms with Crippen molar-refractivity contribution in [2.24, 2.45) is 0 Å². The van der Waals surface area contributed by atoms with Gasteiger partial charge in [0.2, 0.25) is 0 Å². The molecule has 76 valence electrons. The molecule has 0 unspecified atom stereocenters. The molecule has 0 aromatic heterocycles. The largest absolute Gasteiger partial charge is 0.399 e. The third kappa shape index (κ3) is 2.66. The van der Waals surface area contributed by atoms with Gasteiger partial charge in [-0.15, -0.1) is 0 Å². The first kappa shape index (κ1) is 10.9. The molecule has 1 amide bonds. The molecule has 0 saturated heterocycles. The van der Waals surface area contributed by atoms with Gasteiger partial charge in [-0.3, -0.25) is 4.79 Å². The van der Waals surface area contributed by atoms with E-state index in [9.17, 15) is 17.5 Å². The average molecular weight is 221 g/mol. The number of halogens is 3. The van der Waals surface area contributed by atoms with E-state index in [2.05, 4.69) is 0 Å². The van der Waals surface area contributed by atoms with Crippen molar-refractivity contribution in [3.05, 3.63) is 30.3 Å². The van der Waals surface area contributed by atoms with Crippen LogP contribution >= 0.6 is 12.1 Å². The van der Waals surface area contributed by atoms with Crippen LogP contribution in [0, 0.1) is 0 Å². The van der Waals surface area contributed by atoms with Gasteiger partial charge in [0.15, 0.2) is 0 Å². The van der Waals surface area contributed by atoms with Crippen LogP contribution in [0.25, 0.3) is 0 Å². The van der Waals surface area contributed by atoms with Gasteiger partial charge in [0.1, 0.15) is 12.1 Å². The molecule has 1 N–H and O–H groups in total. The standard InChI is InChI=1S/C8H6F3NOS/c9-8(10,14-11)7(13)12-6-4-2-1-3-5-6/h1-5H,(H,12,13). The monoisotopic (exact) mass is 221 g/mol. The number of alkyl halides is 2. The summed E-state index contributed by atoms with van der Waals surface area (Å²) in [5, 5.41) is -2.16. The molecule has 0 spiro atoms. The Morgan fingerprint density at radius 1 is 1.29 bits per heavy atom. The fraction of sp³-hybridized carbons (Fsp3) is 0.125. The number of rotatable bonds is 3. The van der Waals surface area contributed by atoms with Crippen LogP contribution in [-0.4, -0.2) is 11.2 Å². The molecule has 1 aromatic rings. The van der Waals surface area contributed by atoms with Crippen LogP contribution in [0.4, 0.5) is 18.4 Å². The zero-order chi connectivity index (χ0) is 10.6. The van der Waals surface area contributed by atoms with Crippen LogP contribution in [0.1, 0.15) is 0 Å². The zero-order valence-corrected chi connectivity index (χ0v) is 7.65. The van der Waals surface area contributed by atoms with Gasteiger partial charge < -0.3 is 5.32 Å². The Bertz CT molecular complexity index is 318. The lowest BCUT2D eigenvalue weighted by atomic mass is 10.3. The van der Waals surface area contributed by atoms with Gasteiger partial charge >= 0.3 is 11.2 Å². The second-order valence-corrected chi connectivity index (χ2v) is 3.08. The lowest BCUT2D eigenvalue weighted by Gasteiger charge is -2.10. The van der Waals surface area contributed by atoms with E-state index in [1.165, 1.54) is 12.1 Å². The van der Waals surface area contributed by atoms with Gasteiger partial charge in [-0.1, -0.05) is 18.2 Å². The number of carbonyl (C=O) groups excluding carboxylic acids is 1. The van der Waals surface area contributed by atoms with Crippen LogP contribution in [-0.2, 0) is 4.79 Å². The smallest absolute Gasteiger partial charge is 0.320 e. The fourth-order valence-electron chi connectivity index (χ4n) is 0.760. The summed E-state index contributed by atoms with van der Waals surface area (Å²) >= 11 is -1.29. The maximum Gasteiger partial charge on any atom is 0.399 e. The summed E-state index contributed by atoms with van der Waals surface area (Å²) in [6.07, 6.45) is 0. The molecule has 0 aliphatic heterocycles. The molecular formula is C8H6F3NOS. The summed E-state index contributed by atoms with van der Waals surface area (Å²) < 4.78 is 36.4. The molecular weight excluding hydrogens is 215 g/mol. The lowest BCUT2D eigenvalue weighted by molar-refractivity contribution is -0.129. The van der Waals surface area contributed by atoms with Crippen LogP contribution < -0.4 is 5.32 Å². The first-order valence-electron chi connectivity index (χ1n) is 3.60. The second kappa shape index (κ2) is 4.36. The highest BCUT2D eigenvalue weighted by Gasteiger charge is 2.41. The quantitative estimate of drug-likeness (QED) is 0.850. The van der Waals surface area contributed by atoms with E-state index in [1.54, 1.807) is 18.2 Å². The Morgan fingerprint density at radius 3 is 2.36 bits per heavy atom. The Kier molecular flexibility index (Phi) is 3.40. The van der Waals surface area contributed by atoms with Crippen LogP contribution in [0.3, 0.4) is 0 Å². The number of amides is 1. The number of anilines is 1. The third-order valence-corrected chi connectivity index (χ3v) is 1.77. The van der Waals surface area contributed by atoms with Crippen molar-refractivity contribution in [3.8, 4) is 0 Å². The lowest BCUT2D eigenvalue weighted by Crippen LogP contribution is -2.30. The SMILES string of the molecule is O=C(Nc1ccccc1)C(F)(F)SF. The average Bonchev–Trinajstić information content (AvgIpc) is 2.19. The minimum Gasteiger partial charge on any atom is -0.320 e. The fourth-order valence-corrected chi connectivity index (χ4v) is 0.881. The molecule has 0 fully saturated rings. The summed E-state index contributed by atoms with van der Waals surface area (Å²) in [6.45, 7) is 0. The number of hydrogen-bond donors (Lipinski definition) is 1. The molecule has 0 saturated carbocycles. The molecule has 0 aliphatic carbocycles. The van der Waals surface area contributed by atoms with Gasteiger partial charge in [-0.2, -0.15) is 12.7 Å². The summed E-state index contributed by atoms with van der Waals surface area (Å²) in [6, 6.07) is 7.65. The molecule has 1 aromatic carbocycles. The Morgan fingerprint density at radius 2 is 1.86 bits per heavy atom. The van der Waals surface area contributed by atoms with Gasteiger partial charge in [0.25, 0.3) is 0 Å². The van der Waals surface area contributed by atoms with E-state index < -0.39 is 23.3 Å². The number of hydrogen-bond acceptors (Lipinski definition) is 2. The number of benzene rings is 1. The van der Waals surface area contributed by atoms with E-state index in [0.29, 0.717) is 0 Å². The van der Waals surface area contributed by atoms with Crippen molar-refractivity contribution in [1.29, 1.82) is 0 Å². The van der Waals surface area contributed by atoms with Gasteiger partial charge in [-0.25, -0.2) is 0 Å². The van der Waals surface area contributed by atoms with Crippen molar-refractivity contribution in [1.82, 2.24) is 0 Å². The predicted molar refractivity (Wildman–Crippen MR) is 48.7 cm³/mol. The molecule has 1 rings (SSSR count). The van der Waals surface area contributed by atoms with Gasteiger partial charge in [0.05, 0.1) is 0 Å². The van der Waals surface area contributed by atoms with Crippen molar-refractivity contribution < 1.29 is 17.5 Å². The molecule has 0 aliphatic rings. The van der Waals surface area contributed by atoms with Crippen LogP contribution in [0.5, 0.6) is 0 Å². The minimum atomic E-state index is -4.05. The first-order valence-corrected chi connectivity index (χ1v) is 4.32. The normalized spacial score (nSPS) is 11.1. The molecule has 2 nitrogen and oxygen atoms in total. The van der Waals surface area contributed by atoms with Gasteiger partial charge in [-0.05, 0) is 12.1 Å². The number of para-hydroxylation sites is 1. The van der Waals surface area contributed by atoms with Crippen LogP contribution in [0.15, 0.2) is 30.3 Å². The summed E-state index contributed by atoms with van der Waals surface area (Å²) in [5.74, 6) is -1.67. The predicted octanol–water partition coefficient (Wildman–Crippen LogP) is 2.84. The maximum absolute atomic E-state index is 12.4. The minimum absolute atomic E-state index is 0.200.